The molecule has 23 heavy (non-hydrogen) atoms. The maximum Gasteiger partial charge on any atom is 0.335 e. The van der Waals surface area contributed by atoms with Crippen molar-refractivity contribution in [2.24, 2.45) is 0 Å². The second-order valence-electron chi connectivity index (χ2n) is 5.11. The Morgan fingerprint density at radius 3 is 2.09 bits per heavy atom. The Kier molecular flexibility index (Phi) is 4.40. The Morgan fingerprint density at radius 1 is 1.00 bits per heavy atom. The number of carbonyl (C=O) groups excluding carboxylic acids is 1. The molecule has 0 unspecified atom stereocenters. The van der Waals surface area contributed by atoms with Crippen molar-refractivity contribution in [1.29, 1.82) is 0 Å². The summed E-state index contributed by atoms with van der Waals surface area (Å²) in [5.41, 5.74) is 1.01. The number of amides is 1. The van der Waals surface area contributed by atoms with E-state index in [2.05, 4.69) is 0 Å². The number of rotatable bonds is 4. The van der Waals surface area contributed by atoms with Crippen LogP contribution in [-0.4, -0.2) is 40.9 Å². The van der Waals surface area contributed by atoms with Gasteiger partial charge in [-0.1, -0.05) is 12.1 Å². The molecule has 0 saturated carbocycles. The first kappa shape index (κ1) is 16.2. The molecule has 2 aromatic carbocycles. The van der Waals surface area contributed by atoms with Crippen LogP contribution in [0.5, 0.6) is 0 Å². The molecule has 2 aromatic rings. The van der Waals surface area contributed by atoms with Crippen molar-refractivity contribution in [3.05, 3.63) is 63.7 Å². The minimum absolute atomic E-state index is 0.164. The smallest absolute Gasteiger partial charge is 0.335 e. The van der Waals surface area contributed by atoms with E-state index in [0.29, 0.717) is 16.7 Å². The first-order valence-corrected chi connectivity index (χ1v) is 6.64. The molecular weight excluding hydrogens is 300 g/mol. The molecule has 0 spiro atoms. The van der Waals surface area contributed by atoms with Gasteiger partial charge in [0.1, 0.15) is 0 Å². The number of non-ortho nitro benzene ring substituents is 1. The van der Waals surface area contributed by atoms with Crippen LogP contribution in [0.25, 0.3) is 11.1 Å². The van der Waals surface area contributed by atoms with Crippen LogP contribution in [-0.2, 0) is 0 Å². The third kappa shape index (κ3) is 3.52. The minimum atomic E-state index is -1.24. The fraction of sp³-hybridized carbons (Fsp3) is 0.125. The van der Waals surface area contributed by atoms with Crippen molar-refractivity contribution in [2.45, 2.75) is 0 Å². The average Bonchev–Trinajstić information content (AvgIpc) is 2.53. The molecule has 0 aromatic heterocycles. The Morgan fingerprint density at radius 2 is 1.61 bits per heavy atom. The fourth-order valence-electron chi connectivity index (χ4n) is 2.07. The van der Waals surface area contributed by atoms with E-state index in [-0.39, 0.29) is 17.2 Å². The summed E-state index contributed by atoms with van der Waals surface area (Å²) in [6, 6.07) is 10.1. The predicted octanol–water partition coefficient (Wildman–Crippen LogP) is 2.66. The van der Waals surface area contributed by atoms with Crippen molar-refractivity contribution in [2.75, 3.05) is 14.1 Å². The van der Waals surface area contributed by atoms with Crippen molar-refractivity contribution >= 4 is 17.6 Å². The summed E-state index contributed by atoms with van der Waals surface area (Å²) in [6.07, 6.45) is 0. The van der Waals surface area contributed by atoms with Crippen LogP contribution in [0.2, 0.25) is 0 Å². The van der Waals surface area contributed by atoms with Crippen LogP contribution in [0, 0.1) is 10.1 Å². The van der Waals surface area contributed by atoms with Gasteiger partial charge in [0.05, 0.1) is 10.5 Å². The molecule has 0 aliphatic heterocycles. The molecule has 0 aliphatic carbocycles. The van der Waals surface area contributed by atoms with Crippen LogP contribution < -0.4 is 0 Å². The molecule has 2 rings (SSSR count). The quantitative estimate of drug-likeness (QED) is 0.690. The van der Waals surface area contributed by atoms with Gasteiger partial charge in [0.25, 0.3) is 11.6 Å². The lowest BCUT2D eigenvalue weighted by molar-refractivity contribution is -0.384. The summed E-state index contributed by atoms with van der Waals surface area (Å²) in [5.74, 6) is -1.41. The summed E-state index contributed by atoms with van der Waals surface area (Å²) in [6.45, 7) is 0. The zero-order chi connectivity index (χ0) is 17.1. The Labute approximate surface area is 131 Å². The number of nitrogens with zero attached hydrogens (tertiary/aromatic N) is 2. The Bertz CT molecular complexity index is 749. The topological polar surface area (TPSA) is 101 Å². The first-order valence-electron chi connectivity index (χ1n) is 6.64. The molecule has 7 heteroatoms. The number of carboxylic acid groups (broad SMARTS) is 1. The van der Waals surface area contributed by atoms with E-state index in [0.717, 1.165) is 6.07 Å². The second kappa shape index (κ2) is 6.27. The van der Waals surface area contributed by atoms with Gasteiger partial charge in [-0.3, -0.25) is 14.9 Å². The number of nitro groups is 1. The fourth-order valence-corrected chi connectivity index (χ4v) is 2.07. The lowest BCUT2D eigenvalue weighted by Crippen LogP contribution is -2.21. The Balaban J connectivity index is 2.47. The zero-order valence-electron chi connectivity index (χ0n) is 12.5. The van der Waals surface area contributed by atoms with Gasteiger partial charge in [-0.2, -0.15) is 0 Å². The van der Waals surface area contributed by atoms with Crippen molar-refractivity contribution in [3.63, 3.8) is 0 Å². The molecule has 0 bridgehead atoms. The number of hydrogen-bond donors (Lipinski definition) is 1. The van der Waals surface area contributed by atoms with Gasteiger partial charge in [0.15, 0.2) is 0 Å². The summed E-state index contributed by atoms with van der Waals surface area (Å²) < 4.78 is 0. The lowest BCUT2D eigenvalue weighted by Gasteiger charge is -2.10. The van der Waals surface area contributed by atoms with Crippen molar-refractivity contribution in [3.8, 4) is 11.1 Å². The minimum Gasteiger partial charge on any atom is -0.478 e. The first-order chi connectivity index (χ1) is 10.8. The highest BCUT2D eigenvalue weighted by atomic mass is 16.6. The number of carbonyl (C=O) groups is 2. The van der Waals surface area contributed by atoms with Crippen LogP contribution in [0.15, 0.2) is 42.5 Å². The van der Waals surface area contributed by atoms with E-state index >= 15 is 0 Å². The number of hydrogen-bond acceptors (Lipinski definition) is 4. The molecule has 1 N–H and O–H groups in total. The van der Waals surface area contributed by atoms with Crippen molar-refractivity contribution in [1.82, 2.24) is 4.90 Å². The van der Waals surface area contributed by atoms with Gasteiger partial charge >= 0.3 is 5.97 Å². The maximum atomic E-state index is 11.8. The molecule has 0 fully saturated rings. The highest BCUT2D eigenvalue weighted by molar-refractivity contribution is 5.94. The number of aromatic carboxylic acids is 1. The van der Waals surface area contributed by atoms with Gasteiger partial charge in [0, 0.05) is 31.8 Å². The van der Waals surface area contributed by atoms with E-state index in [9.17, 15) is 19.7 Å². The van der Waals surface area contributed by atoms with Gasteiger partial charge in [-0.25, -0.2) is 4.79 Å². The SMILES string of the molecule is CN(C)C(=O)c1ccc(-c2cc(C(=O)O)cc([N+](=O)[O-])c2)cc1. The zero-order valence-corrected chi connectivity index (χ0v) is 12.5. The number of benzene rings is 2. The monoisotopic (exact) mass is 314 g/mol. The molecule has 0 heterocycles. The second-order valence-corrected chi connectivity index (χ2v) is 5.11. The van der Waals surface area contributed by atoms with E-state index in [1.54, 1.807) is 38.4 Å². The predicted molar refractivity (Wildman–Crippen MR) is 83.5 cm³/mol. The third-order valence-electron chi connectivity index (χ3n) is 3.25. The van der Waals surface area contributed by atoms with Gasteiger partial charge in [0.2, 0.25) is 0 Å². The van der Waals surface area contributed by atoms with E-state index in [1.807, 2.05) is 0 Å². The van der Waals surface area contributed by atoms with Crippen LogP contribution >= 0.6 is 0 Å². The molecule has 0 saturated heterocycles. The molecule has 0 atom stereocenters. The molecule has 7 nitrogen and oxygen atoms in total. The lowest BCUT2D eigenvalue weighted by atomic mass is 10.0. The average molecular weight is 314 g/mol. The van der Waals surface area contributed by atoms with Crippen LogP contribution in [0.4, 0.5) is 5.69 Å². The number of nitro benzene ring substituents is 1. The number of carboxylic acids is 1. The van der Waals surface area contributed by atoms with Gasteiger partial charge in [-0.05, 0) is 29.3 Å². The molecule has 0 radical (unpaired) electrons. The summed E-state index contributed by atoms with van der Waals surface area (Å²) in [5, 5.41) is 20.0. The molecular formula is C16H14N2O5. The third-order valence-corrected chi connectivity index (χ3v) is 3.25. The highest BCUT2D eigenvalue weighted by Gasteiger charge is 2.15. The van der Waals surface area contributed by atoms with Crippen LogP contribution in [0.1, 0.15) is 20.7 Å². The normalized spacial score (nSPS) is 10.2. The van der Waals surface area contributed by atoms with E-state index in [4.69, 9.17) is 5.11 Å². The maximum absolute atomic E-state index is 11.8. The van der Waals surface area contributed by atoms with E-state index < -0.39 is 10.9 Å². The van der Waals surface area contributed by atoms with Crippen LogP contribution in [0.3, 0.4) is 0 Å². The summed E-state index contributed by atoms with van der Waals surface area (Å²) >= 11 is 0. The largest absolute Gasteiger partial charge is 0.478 e. The molecule has 0 aliphatic rings. The van der Waals surface area contributed by atoms with Crippen molar-refractivity contribution < 1.29 is 19.6 Å². The Hall–Kier alpha value is -3.22. The van der Waals surface area contributed by atoms with Gasteiger partial charge < -0.3 is 10.0 Å². The highest BCUT2D eigenvalue weighted by Crippen LogP contribution is 2.26. The van der Waals surface area contributed by atoms with Gasteiger partial charge in [-0.15, -0.1) is 0 Å². The molecule has 1 amide bonds. The van der Waals surface area contributed by atoms with E-state index in [1.165, 1.54) is 17.0 Å². The molecule has 118 valence electrons. The summed E-state index contributed by atoms with van der Waals surface area (Å²) in [4.78, 5) is 34.7. The standard InChI is InChI=1S/C16H14N2O5/c1-17(2)15(19)11-5-3-10(4-6-11)12-7-13(16(20)21)9-14(8-12)18(22)23/h3-9H,1-2H3,(H,20,21). The summed E-state index contributed by atoms with van der Waals surface area (Å²) in [7, 11) is 3.27.